The minimum absolute atomic E-state index is 0.296. The van der Waals surface area contributed by atoms with E-state index in [2.05, 4.69) is 46.7 Å². The molecular formula is C22H35N3O. The zero-order valence-electron chi connectivity index (χ0n) is 16.8. The van der Waals surface area contributed by atoms with Crippen LogP contribution in [0.25, 0.3) is 0 Å². The zero-order chi connectivity index (χ0) is 18.5. The summed E-state index contributed by atoms with van der Waals surface area (Å²) in [6.45, 7) is 14.8. The van der Waals surface area contributed by atoms with Gasteiger partial charge in [0.25, 0.3) is 0 Å². The van der Waals surface area contributed by atoms with Crippen LogP contribution < -0.4 is 4.90 Å². The fourth-order valence-electron chi connectivity index (χ4n) is 4.27. The van der Waals surface area contributed by atoms with E-state index in [0.717, 1.165) is 32.1 Å². The van der Waals surface area contributed by atoms with Gasteiger partial charge in [-0.05, 0) is 88.8 Å². The number of likely N-dealkylation sites (tertiary alicyclic amines) is 1. The number of Topliss-reactive ketones (excluding diaryl/α,β-unsaturated/α-hetero) is 1. The van der Waals surface area contributed by atoms with Gasteiger partial charge in [0.1, 0.15) is 5.78 Å². The summed E-state index contributed by atoms with van der Waals surface area (Å²) in [5.41, 5.74) is 4.15. The lowest BCUT2D eigenvalue weighted by Crippen LogP contribution is -2.47. The van der Waals surface area contributed by atoms with Gasteiger partial charge in [0.15, 0.2) is 0 Å². The molecule has 0 atom stereocenters. The number of ketones is 1. The molecule has 3 rings (SSSR count). The highest BCUT2D eigenvalue weighted by Gasteiger charge is 2.22. The van der Waals surface area contributed by atoms with Gasteiger partial charge >= 0.3 is 0 Å². The van der Waals surface area contributed by atoms with Crippen molar-refractivity contribution in [3.8, 4) is 0 Å². The highest BCUT2D eigenvalue weighted by molar-refractivity contribution is 5.77. The van der Waals surface area contributed by atoms with Crippen LogP contribution in [0.5, 0.6) is 0 Å². The van der Waals surface area contributed by atoms with Gasteiger partial charge in [0.05, 0.1) is 6.54 Å². The summed E-state index contributed by atoms with van der Waals surface area (Å²) in [5.74, 6) is 1.14. The molecule has 0 radical (unpaired) electrons. The van der Waals surface area contributed by atoms with Crippen LogP contribution in [0.3, 0.4) is 0 Å². The van der Waals surface area contributed by atoms with Crippen molar-refractivity contribution in [2.45, 2.75) is 40.0 Å². The average molecular weight is 358 g/mol. The smallest absolute Gasteiger partial charge is 0.143 e. The highest BCUT2D eigenvalue weighted by Crippen LogP contribution is 2.23. The third-order valence-electron chi connectivity index (χ3n) is 6.23. The maximum absolute atomic E-state index is 11.2. The van der Waals surface area contributed by atoms with E-state index in [1.165, 1.54) is 55.7 Å². The quantitative estimate of drug-likeness (QED) is 0.782. The van der Waals surface area contributed by atoms with Gasteiger partial charge in [-0.2, -0.15) is 0 Å². The number of benzene rings is 1. The first-order chi connectivity index (χ1) is 12.5. The first kappa shape index (κ1) is 19.4. The fraction of sp³-hybridized carbons (Fsp3) is 0.682. The first-order valence-corrected chi connectivity index (χ1v) is 10.3. The molecule has 144 valence electrons. The van der Waals surface area contributed by atoms with Crippen LogP contribution in [0.1, 0.15) is 37.3 Å². The molecule has 2 aliphatic rings. The van der Waals surface area contributed by atoms with E-state index in [0.29, 0.717) is 12.3 Å². The van der Waals surface area contributed by atoms with E-state index in [-0.39, 0.29) is 0 Å². The Balaban J connectivity index is 1.37. The summed E-state index contributed by atoms with van der Waals surface area (Å²) in [4.78, 5) is 18.7. The van der Waals surface area contributed by atoms with Crippen LogP contribution in [0.2, 0.25) is 0 Å². The number of anilines is 1. The van der Waals surface area contributed by atoms with Gasteiger partial charge in [-0.1, -0.05) is 6.07 Å². The Morgan fingerprint density at radius 1 is 0.962 bits per heavy atom. The lowest BCUT2D eigenvalue weighted by Gasteiger charge is -2.37. The van der Waals surface area contributed by atoms with E-state index in [4.69, 9.17) is 0 Å². The van der Waals surface area contributed by atoms with Gasteiger partial charge in [-0.15, -0.1) is 0 Å². The Bertz CT molecular complexity index is 599. The monoisotopic (exact) mass is 357 g/mol. The Morgan fingerprint density at radius 2 is 1.65 bits per heavy atom. The van der Waals surface area contributed by atoms with Gasteiger partial charge in [-0.3, -0.25) is 14.6 Å². The molecule has 0 bridgehead atoms. The Hall–Kier alpha value is -1.39. The molecule has 0 saturated carbocycles. The van der Waals surface area contributed by atoms with Crippen LogP contribution in [0.4, 0.5) is 5.69 Å². The van der Waals surface area contributed by atoms with Crippen LogP contribution in [-0.4, -0.2) is 67.9 Å². The molecule has 4 nitrogen and oxygen atoms in total. The van der Waals surface area contributed by atoms with E-state index in [1.54, 1.807) is 6.92 Å². The summed E-state index contributed by atoms with van der Waals surface area (Å²) >= 11 is 0. The number of piperazine rings is 1. The summed E-state index contributed by atoms with van der Waals surface area (Å²) in [6, 6.07) is 6.85. The zero-order valence-corrected chi connectivity index (χ0v) is 16.8. The molecule has 26 heavy (non-hydrogen) atoms. The van der Waals surface area contributed by atoms with Crippen molar-refractivity contribution in [3.05, 3.63) is 29.3 Å². The summed E-state index contributed by atoms with van der Waals surface area (Å²) in [6.07, 6.45) is 3.84. The molecule has 0 spiro atoms. The highest BCUT2D eigenvalue weighted by atomic mass is 16.1. The molecule has 1 aromatic carbocycles. The average Bonchev–Trinajstić information content (AvgIpc) is 2.63. The van der Waals surface area contributed by atoms with Crippen molar-refractivity contribution in [2.75, 3.05) is 57.3 Å². The van der Waals surface area contributed by atoms with Crippen molar-refractivity contribution >= 4 is 11.5 Å². The number of rotatable bonds is 6. The third-order valence-corrected chi connectivity index (χ3v) is 6.23. The fourth-order valence-corrected chi connectivity index (χ4v) is 4.27. The van der Waals surface area contributed by atoms with Crippen molar-refractivity contribution in [3.63, 3.8) is 0 Å². The minimum atomic E-state index is 0.296. The van der Waals surface area contributed by atoms with Gasteiger partial charge in [0, 0.05) is 31.9 Å². The van der Waals surface area contributed by atoms with Crippen molar-refractivity contribution in [1.82, 2.24) is 9.80 Å². The molecule has 0 aromatic heterocycles. The van der Waals surface area contributed by atoms with Crippen molar-refractivity contribution in [1.29, 1.82) is 0 Å². The Labute approximate surface area is 159 Å². The normalized spacial score (nSPS) is 20.5. The van der Waals surface area contributed by atoms with Crippen molar-refractivity contribution < 1.29 is 4.79 Å². The summed E-state index contributed by atoms with van der Waals surface area (Å²) in [7, 11) is 0. The number of piperidine rings is 1. The molecular weight excluding hydrogens is 322 g/mol. The largest absolute Gasteiger partial charge is 0.369 e. The van der Waals surface area contributed by atoms with Crippen LogP contribution >= 0.6 is 0 Å². The summed E-state index contributed by atoms with van der Waals surface area (Å²) in [5, 5.41) is 0. The molecule has 4 heteroatoms. The number of nitrogens with zero attached hydrogens (tertiary/aromatic N) is 3. The Kier molecular flexibility index (Phi) is 6.71. The molecule has 0 aliphatic carbocycles. The topological polar surface area (TPSA) is 26.8 Å². The molecule has 2 saturated heterocycles. The van der Waals surface area contributed by atoms with Crippen molar-refractivity contribution in [2.24, 2.45) is 5.92 Å². The second kappa shape index (κ2) is 9.01. The standard InChI is InChI=1S/C22H35N3O/c1-18-4-5-22(16-19(18)2)25-14-12-23(13-15-25)9-6-21-7-10-24(11-8-21)17-20(3)26/h4-5,16,21H,6-15,17H2,1-3H3. The first-order valence-electron chi connectivity index (χ1n) is 10.3. The predicted molar refractivity (Wildman–Crippen MR) is 109 cm³/mol. The van der Waals surface area contributed by atoms with E-state index in [1.807, 2.05) is 0 Å². The maximum Gasteiger partial charge on any atom is 0.143 e. The van der Waals surface area contributed by atoms with Gasteiger partial charge < -0.3 is 4.90 Å². The van der Waals surface area contributed by atoms with E-state index >= 15 is 0 Å². The van der Waals surface area contributed by atoms with Gasteiger partial charge in [0.2, 0.25) is 0 Å². The van der Waals surface area contributed by atoms with Crippen LogP contribution in [0, 0.1) is 19.8 Å². The van der Waals surface area contributed by atoms with Crippen LogP contribution in [0.15, 0.2) is 18.2 Å². The molecule has 1 aromatic rings. The number of hydrogen-bond donors (Lipinski definition) is 0. The SMILES string of the molecule is CC(=O)CN1CCC(CCN2CCN(c3ccc(C)c(C)c3)CC2)CC1. The van der Waals surface area contributed by atoms with Crippen LogP contribution in [-0.2, 0) is 4.79 Å². The molecule has 2 heterocycles. The summed E-state index contributed by atoms with van der Waals surface area (Å²) < 4.78 is 0. The van der Waals surface area contributed by atoms with E-state index in [9.17, 15) is 4.79 Å². The number of carbonyl (C=O) groups is 1. The number of carbonyl (C=O) groups excluding carboxylic acids is 1. The second-order valence-electron chi connectivity index (χ2n) is 8.31. The number of aryl methyl sites for hydroxylation is 2. The molecule has 0 amide bonds. The lowest BCUT2D eigenvalue weighted by atomic mass is 9.93. The Morgan fingerprint density at radius 3 is 2.27 bits per heavy atom. The molecule has 0 unspecified atom stereocenters. The lowest BCUT2D eigenvalue weighted by molar-refractivity contribution is -0.118. The van der Waals surface area contributed by atoms with Gasteiger partial charge in [-0.25, -0.2) is 0 Å². The molecule has 2 fully saturated rings. The third kappa shape index (κ3) is 5.31. The maximum atomic E-state index is 11.2. The van der Waals surface area contributed by atoms with E-state index < -0.39 is 0 Å². The molecule has 0 N–H and O–H groups in total. The predicted octanol–water partition coefficient (Wildman–Crippen LogP) is 3.12. The molecule has 2 aliphatic heterocycles. The second-order valence-corrected chi connectivity index (χ2v) is 8.31. The minimum Gasteiger partial charge on any atom is -0.369 e. The number of hydrogen-bond acceptors (Lipinski definition) is 4.